The first kappa shape index (κ1) is 14.7. The van der Waals surface area contributed by atoms with Crippen LogP contribution in [0.2, 0.25) is 10.0 Å². The molecule has 0 fully saturated rings. The fraction of sp³-hybridized carbons (Fsp3) is 0.133. The van der Waals surface area contributed by atoms with Crippen LogP contribution in [0.4, 0.5) is 0 Å². The zero-order chi connectivity index (χ0) is 14.5. The van der Waals surface area contributed by atoms with Crippen LogP contribution < -0.4 is 10.1 Å². The molecule has 0 saturated heterocycles. The molecule has 0 aromatic heterocycles. The Bertz CT molecular complexity index is 612. The summed E-state index contributed by atoms with van der Waals surface area (Å²) in [5, 5.41) is 3.65. The van der Waals surface area contributed by atoms with Gasteiger partial charge in [0.2, 0.25) is 0 Å². The van der Waals surface area contributed by atoms with E-state index in [1.165, 1.54) is 0 Å². The van der Waals surface area contributed by atoms with Crippen LogP contribution >= 0.6 is 23.2 Å². The van der Waals surface area contributed by atoms with Crippen molar-refractivity contribution in [2.75, 3.05) is 7.11 Å². The van der Waals surface area contributed by atoms with Crippen molar-refractivity contribution >= 4 is 29.1 Å². The molecule has 0 heterocycles. The second-order valence-corrected chi connectivity index (χ2v) is 5.00. The first-order valence-corrected chi connectivity index (χ1v) is 6.72. The van der Waals surface area contributed by atoms with Crippen LogP contribution in [0.25, 0.3) is 0 Å². The number of halogens is 2. The van der Waals surface area contributed by atoms with E-state index in [4.69, 9.17) is 27.9 Å². The maximum Gasteiger partial charge on any atom is 0.253 e. The molecule has 0 radical (unpaired) electrons. The van der Waals surface area contributed by atoms with Crippen molar-refractivity contribution in [3.05, 3.63) is 63.6 Å². The lowest BCUT2D eigenvalue weighted by molar-refractivity contribution is 0.0951. The number of carbonyl (C=O) groups is 1. The van der Waals surface area contributed by atoms with E-state index >= 15 is 0 Å². The first-order valence-electron chi connectivity index (χ1n) is 5.96. The van der Waals surface area contributed by atoms with E-state index in [0.29, 0.717) is 22.2 Å². The highest BCUT2D eigenvalue weighted by atomic mass is 35.5. The number of hydrogen-bond donors (Lipinski definition) is 1. The molecule has 0 aliphatic rings. The molecule has 3 nitrogen and oxygen atoms in total. The number of amides is 1. The lowest BCUT2D eigenvalue weighted by atomic mass is 10.2. The van der Waals surface area contributed by atoms with Gasteiger partial charge in [-0.3, -0.25) is 4.79 Å². The number of carbonyl (C=O) groups excluding carboxylic acids is 1. The van der Waals surface area contributed by atoms with E-state index in [-0.39, 0.29) is 5.91 Å². The molecule has 2 aromatic carbocycles. The number of rotatable bonds is 4. The summed E-state index contributed by atoms with van der Waals surface area (Å²) in [6, 6.07) is 12.3. The number of ether oxygens (including phenoxy) is 1. The van der Waals surface area contributed by atoms with Crippen LogP contribution in [0.15, 0.2) is 42.5 Å². The van der Waals surface area contributed by atoms with E-state index < -0.39 is 0 Å². The van der Waals surface area contributed by atoms with Crippen LogP contribution in [-0.4, -0.2) is 13.0 Å². The van der Waals surface area contributed by atoms with E-state index in [0.717, 1.165) is 11.3 Å². The highest BCUT2D eigenvalue weighted by molar-refractivity contribution is 6.36. The van der Waals surface area contributed by atoms with Gasteiger partial charge >= 0.3 is 0 Å². The third kappa shape index (κ3) is 3.65. The minimum Gasteiger partial charge on any atom is -0.497 e. The molecule has 1 amide bonds. The second-order valence-electron chi connectivity index (χ2n) is 4.15. The molecular formula is C15H13Cl2NO2. The Morgan fingerprint density at radius 2 is 1.85 bits per heavy atom. The summed E-state index contributed by atoms with van der Waals surface area (Å²) in [5.74, 6) is 0.545. The number of hydrogen-bond acceptors (Lipinski definition) is 2. The van der Waals surface area contributed by atoms with Crippen molar-refractivity contribution in [2.24, 2.45) is 0 Å². The molecular weight excluding hydrogens is 297 g/mol. The van der Waals surface area contributed by atoms with E-state index in [9.17, 15) is 4.79 Å². The summed E-state index contributed by atoms with van der Waals surface area (Å²) in [6.45, 7) is 0.418. The molecule has 0 spiro atoms. The third-order valence-corrected chi connectivity index (χ3v) is 3.34. The van der Waals surface area contributed by atoms with Gasteiger partial charge in [-0.15, -0.1) is 0 Å². The molecule has 0 unspecified atom stereocenters. The van der Waals surface area contributed by atoms with Gasteiger partial charge in [0.15, 0.2) is 0 Å². The fourth-order valence-corrected chi connectivity index (χ4v) is 2.19. The van der Waals surface area contributed by atoms with Crippen molar-refractivity contribution in [1.82, 2.24) is 5.32 Å². The Balaban J connectivity index is 2.00. The van der Waals surface area contributed by atoms with E-state index in [2.05, 4.69) is 5.32 Å². The summed E-state index contributed by atoms with van der Waals surface area (Å²) in [6.07, 6.45) is 0. The molecule has 2 aromatic rings. The van der Waals surface area contributed by atoms with Crippen LogP contribution in [-0.2, 0) is 6.54 Å². The Kier molecular flexibility index (Phi) is 4.88. The lowest BCUT2D eigenvalue weighted by Crippen LogP contribution is -2.23. The highest BCUT2D eigenvalue weighted by Crippen LogP contribution is 2.21. The third-order valence-electron chi connectivity index (χ3n) is 2.79. The van der Waals surface area contributed by atoms with Gasteiger partial charge in [0.05, 0.1) is 17.7 Å². The van der Waals surface area contributed by atoms with Gasteiger partial charge in [-0.2, -0.15) is 0 Å². The lowest BCUT2D eigenvalue weighted by Gasteiger charge is -2.08. The van der Waals surface area contributed by atoms with Crippen molar-refractivity contribution < 1.29 is 9.53 Å². The summed E-state index contributed by atoms with van der Waals surface area (Å²) in [7, 11) is 1.61. The van der Waals surface area contributed by atoms with Gasteiger partial charge in [-0.05, 0) is 35.9 Å². The van der Waals surface area contributed by atoms with Gasteiger partial charge in [0, 0.05) is 11.6 Å². The van der Waals surface area contributed by atoms with Crippen molar-refractivity contribution in [1.29, 1.82) is 0 Å². The average molecular weight is 310 g/mol. The number of benzene rings is 2. The van der Waals surface area contributed by atoms with E-state index in [1.54, 1.807) is 25.3 Å². The molecule has 5 heteroatoms. The van der Waals surface area contributed by atoms with Crippen molar-refractivity contribution in [3.63, 3.8) is 0 Å². The van der Waals surface area contributed by atoms with Crippen LogP contribution in [0.1, 0.15) is 15.9 Å². The minimum atomic E-state index is -0.234. The predicted octanol–water partition coefficient (Wildman–Crippen LogP) is 3.93. The predicted molar refractivity (Wildman–Crippen MR) is 80.6 cm³/mol. The SMILES string of the molecule is COc1ccc(CNC(=O)c2ccc(Cl)cc2Cl)cc1. The Labute approximate surface area is 127 Å². The smallest absolute Gasteiger partial charge is 0.253 e. The number of nitrogens with one attached hydrogen (secondary N) is 1. The normalized spacial score (nSPS) is 10.2. The molecule has 2 rings (SSSR count). The quantitative estimate of drug-likeness (QED) is 0.929. The zero-order valence-electron chi connectivity index (χ0n) is 10.8. The average Bonchev–Trinajstić information content (AvgIpc) is 2.45. The second kappa shape index (κ2) is 6.64. The van der Waals surface area contributed by atoms with Gasteiger partial charge in [0.25, 0.3) is 5.91 Å². The fourth-order valence-electron chi connectivity index (χ4n) is 1.69. The van der Waals surface area contributed by atoms with Crippen LogP contribution in [0.3, 0.4) is 0 Å². The van der Waals surface area contributed by atoms with E-state index in [1.807, 2.05) is 24.3 Å². The van der Waals surface area contributed by atoms with Gasteiger partial charge in [0.1, 0.15) is 5.75 Å². The van der Waals surface area contributed by atoms with Crippen LogP contribution in [0.5, 0.6) is 5.75 Å². The van der Waals surface area contributed by atoms with Crippen molar-refractivity contribution in [3.8, 4) is 5.75 Å². The summed E-state index contributed by atoms with van der Waals surface area (Å²) in [4.78, 5) is 12.0. The minimum absolute atomic E-state index is 0.234. The Morgan fingerprint density at radius 3 is 2.45 bits per heavy atom. The summed E-state index contributed by atoms with van der Waals surface area (Å²) >= 11 is 11.8. The maximum absolute atomic E-state index is 12.0. The molecule has 20 heavy (non-hydrogen) atoms. The summed E-state index contributed by atoms with van der Waals surface area (Å²) < 4.78 is 5.07. The molecule has 0 aliphatic heterocycles. The highest BCUT2D eigenvalue weighted by Gasteiger charge is 2.10. The molecule has 0 bridgehead atoms. The number of methoxy groups -OCH3 is 1. The monoisotopic (exact) mass is 309 g/mol. The maximum atomic E-state index is 12.0. The van der Waals surface area contributed by atoms with Gasteiger partial charge in [-0.25, -0.2) is 0 Å². The van der Waals surface area contributed by atoms with Gasteiger partial charge < -0.3 is 10.1 Å². The molecule has 0 aliphatic carbocycles. The molecule has 104 valence electrons. The Hall–Kier alpha value is -1.71. The zero-order valence-corrected chi connectivity index (χ0v) is 12.3. The molecule has 0 atom stereocenters. The molecule has 1 N–H and O–H groups in total. The largest absolute Gasteiger partial charge is 0.497 e. The topological polar surface area (TPSA) is 38.3 Å². The molecule has 0 saturated carbocycles. The Morgan fingerprint density at radius 1 is 1.15 bits per heavy atom. The first-order chi connectivity index (χ1) is 9.60. The van der Waals surface area contributed by atoms with Gasteiger partial charge in [-0.1, -0.05) is 35.3 Å². The summed E-state index contributed by atoms with van der Waals surface area (Å²) in [5.41, 5.74) is 1.38. The van der Waals surface area contributed by atoms with Crippen molar-refractivity contribution in [2.45, 2.75) is 6.54 Å². The standard InChI is InChI=1S/C15H13Cl2NO2/c1-20-12-5-2-10(3-6-12)9-18-15(19)13-7-4-11(16)8-14(13)17/h2-8H,9H2,1H3,(H,18,19). The van der Waals surface area contributed by atoms with Crippen LogP contribution in [0, 0.1) is 0 Å².